The number of nitrogens with zero attached hydrogens (tertiary/aromatic N) is 1. The predicted octanol–water partition coefficient (Wildman–Crippen LogP) is 1.54. The Morgan fingerprint density at radius 1 is 1.18 bits per heavy atom. The Hall–Kier alpha value is -2.24. The molecule has 1 aromatic rings. The Bertz CT molecular complexity index is 596. The molecule has 2 unspecified atom stereocenters. The minimum atomic E-state index is -0.795. The molecular formula is C16H19NO5. The SMILES string of the molecule is CC1Oc2ccccc2OC1C(=O)N(C)C1CC(C(=O)O)C1. The van der Waals surface area contributed by atoms with Gasteiger partial charge in [0.15, 0.2) is 11.5 Å². The van der Waals surface area contributed by atoms with Gasteiger partial charge in [0, 0.05) is 13.1 Å². The van der Waals surface area contributed by atoms with Crippen molar-refractivity contribution in [1.82, 2.24) is 4.90 Å². The van der Waals surface area contributed by atoms with Gasteiger partial charge in [-0.25, -0.2) is 0 Å². The molecule has 0 bridgehead atoms. The Labute approximate surface area is 128 Å². The van der Waals surface area contributed by atoms with Crippen LogP contribution in [0, 0.1) is 5.92 Å². The maximum absolute atomic E-state index is 12.6. The minimum absolute atomic E-state index is 0.0402. The van der Waals surface area contributed by atoms with Gasteiger partial charge in [0.1, 0.15) is 6.10 Å². The molecule has 1 fully saturated rings. The summed E-state index contributed by atoms with van der Waals surface area (Å²) in [6, 6.07) is 7.21. The summed E-state index contributed by atoms with van der Waals surface area (Å²) in [5.74, 6) is -0.116. The number of hydrogen-bond donors (Lipinski definition) is 1. The van der Waals surface area contributed by atoms with Crippen LogP contribution >= 0.6 is 0 Å². The number of benzene rings is 1. The van der Waals surface area contributed by atoms with E-state index in [2.05, 4.69) is 0 Å². The fourth-order valence-electron chi connectivity index (χ4n) is 2.88. The van der Waals surface area contributed by atoms with E-state index < -0.39 is 12.1 Å². The summed E-state index contributed by atoms with van der Waals surface area (Å²) < 4.78 is 11.5. The van der Waals surface area contributed by atoms with Gasteiger partial charge in [-0.1, -0.05) is 12.1 Å². The summed E-state index contributed by atoms with van der Waals surface area (Å²) in [6.07, 6.45) is -0.101. The van der Waals surface area contributed by atoms with Gasteiger partial charge in [-0.2, -0.15) is 0 Å². The number of carbonyl (C=O) groups excluding carboxylic acids is 1. The van der Waals surface area contributed by atoms with E-state index in [1.165, 1.54) is 0 Å². The molecule has 0 spiro atoms. The maximum Gasteiger partial charge on any atom is 0.306 e. The Balaban J connectivity index is 1.67. The van der Waals surface area contributed by atoms with Crippen LogP contribution in [-0.4, -0.2) is 47.2 Å². The summed E-state index contributed by atoms with van der Waals surface area (Å²) in [7, 11) is 1.70. The highest BCUT2D eigenvalue weighted by Gasteiger charge is 2.43. The van der Waals surface area contributed by atoms with Crippen LogP contribution in [-0.2, 0) is 9.59 Å². The quantitative estimate of drug-likeness (QED) is 0.916. The van der Waals surface area contributed by atoms with Crippen molar-refractivity contribution in [3.05, 3.63) is 24.3 Å². The monoisotopic (exact) mass is 305 g/mol. The largest absolute Gasteiger partial charge is 0.482 e. The van der Waals surface area contributed by atoms with Crippen molar-refractivity contribution in [1.29, 1.82) is 0 Å². The van der Waals surface area contributed by atoms with Gasteiger partial charge < -0.3 is 19.5 Å². The average molecular weight is 305 g/mol. The average Bonchev–Trinajstić information content (AvgIpc) is 2.43. The van der Waals surface area contributed by atoms with E-state index in [-0.39, 0.29) is 24.0 Å². The molecule has 1 amide bonds. The van der Waals surface area contributed by atoms with Gasteiger partial charge in [0.25, 0.3) is 5.91 Å². The first kappa shape index (κ1) is 14.7. The fourth-order valence-corrected chi connectivity index (χ4v) is 2.88. The number of rotatable bonds is 3. The highest BCUT2D eigenvalue weighted by atomic mass is 16.6. The smallest absolute Gasteiger partial charge is 0.306 e. The minimum Gasteiger partial charge on any atom is -0.482 e. The first-order valence-corrected chi connectivity index (χ1v) is 7.39. The number of carboxylic acid groups (broad SMARTS) is 1. The van der Waals surface area contributed by atoms with Crippen molar-refractivity contribution in [2.75, 3.05) is 7.05 Å². The lowest BCUT2D eigenvalue weighted by Crippen LogP contribution is -2.55. The number of likely N-dealkylation sites (N-methyl/N-ethyl adjacent to an activating group) is 1. The molecule has 1 aromatic carbocycles. The molecule has 22 heavy (non-hydrogen) atoms. The third-order valence-corrected chi connectivity index (χ3v) is 4.44. The highest BCUT2D eigenvalue weighted by Crippen LogP contribution is 2.36. The molecule has 6 heteroatoms. The van der Waals surface area contributed by atoms with E-state index in [0.29, 0.717) is 24.3 Å². The summed E-state index contributed by atoms with van der Waals surface area (Å²) in [4.78, 5) is 25.1. The van der Waals surface area contributed by atoms with Crippen LogP contribution < -0.4 is 9.47 Å². The van der Waals surface area contributed by atoms with Crippen LogP contribution in [0.5, 0.6) is 11.5 Å². The molecule has 1 N–H and O–H groups in total. The van der Waals surface area contributed by atoms with E-state index in [1.807, 2.05) is 12.1 Å². The molecule has 1 saturated carbocycles. The summed E-state index contributed by atoms with van der Waals surface area (Å²) in [6.45, 7) is 1.80. The van der Waals surface area contributed by atoms with E-state index in [9.17, 15) is 9.59 Å². The lowest BCUT2D eigenvalue weighted by atomic mass is 9.79. The van der Waals surface area contributed by atoms with Crippen LogP contribution in [0.25, 0.3) is 0 Å². The lowest BCUT2D eigenvalue weighted by Gasteiger charge is -2.41. The zero-order chi connectivity index (χ0) is 15.9. The van der Waals surface area contributed by atoms with E-state index in [0.717, 1.165) is 0 Å². The summed E-state index contributed by atoms with van der Waals surface area (Å²) in [5, 5.41) is 8.92. The lowest BCUT2D eigenvalue weighted by molar-refractivity contribution is -0.154. The zero-order valence-electron chi connectivity index (χ0n) is 12.6. The van der Waals surface area contributed by atoms with Crippen LogP contribution in [0.2, 0.25) is 0 Å². The van der Waals surface area contributed by atoms with Crippen molar-refractivity contribution in [2.45, 2.75) is 38.0 Å². The number of amides is 1. The number of hydrogen-bond acceptors (Lipinski definition) is 4. The zero-order valence-corrected chi connectivity index (χ0v) is 12.6. The second kappa shape index (κ2) is 5.51. The fraction of sp³-hybridized carbons (Fsp3) is 0.500. The maximum atomic E-state index is 12.6. The van der Waals surface area contributed by atoms with Gasteiger partial charge in [-0.3, -0.25) is 9.59 Å². The third kappa shape index (κ3) is 2.49. The van der Waals surface area contributed by atoms with E-state index in [1.54, 1.807) is 31.0 Å². The second-order valence-corrected chi connectivity index (χ2v) is 5.92. The molecule has 118 valence electrons. The van der Waals surface area contributed by atoms with E-state index in [4.69, 9.17) is 14.6 Å². The van der Waals surface area contributed by atoms with Crippen LogP contribution in [0.3, 0.4) is 0 Å². The van der Waals surface area contributed by atoms with Gasteiger partial charge in [0.05, 0.1) is 5.92 Å². The van der Waals surface area contributed by atoms with Crippen LogP contribution in [0.1, 0.15) is 19.8 Å². The predicted molar refractivity (Wildman–Crippen MR) is 77.9 cm³/mol. The number of fused-ring (bicyclic) bond motifs is 1. The van der Waals surface area contributed by atoms with Crippen molar-refractivity contribution in [3.63, 3.8) is 0 Å². The normalized spacial score (nSPS) is 29.4. The summed E-state index contributed by atoms with van der Waals surface area (Å²) >= 11 is 0. The molecule has 1 aliphatic carbocycles. The van der Waals surface area contributed by atoms with E-state index >= 15 is 0 Å². The topological polar surface area (TPSA) is 76.1 Å². The standard InChI is InChI=1S/C16H19NO5/c1-9-14(22-13-6-4-3-5-12(13)21-9)15(18)17(2)11-7-10(8-11)16(19)20/h3-6,9-11,14H,7-8H2,1-2H3,(H,19,20). The molecule has 0 saturated heterocycles. The molecule has 3 rings (SSSR count). The molecule has 0 aromatic heterocycles. The van der Waals surface area contributed by atoms with Gasteiger partial charge >= 0.3 is 5.97 Å². The van der Waals surface area contributed by atoms with Crippen molar-refractivity contribution in [2.24, 2.45) is 5.92 Å². The Morgan fingerprint density at radius 2 is 1.77 bits per heavy atom. The molecule has 1 heterocycles. The van der Waals surface area contributed by atoms with Gasteiger partial charge in [0.2, 0.25) is 6.10 Å². The molecular weight excluding hydrogens is 286 g/mol. The number of carbonyl (C=O) groups is 2. The molecule has 1 aliphatic heterocycles. The van der Waals surface area contributed by atoms with Crippen LogP contribution in [0.15, 0.2) is 24.3 Å². The molecule has 0 radical (unpaired) electrons. The number of ether oxygens (including phenoxy) is 2. The first-order valence-electron chi connectivity index (χ1n) is 7.39. The number of carboxylic acids is 1. The number of aliphatic carboxylic acids is 1. The van der Waals surface area contributed by atoms with Crippen molar-refractivity contribution < 1.29 is 24.2 Å². The highest BCUT2D eigenvalue weighted by molar-refractivity contribution is 5.83. The summed E-state index contributed by atoms with van der Waals surface area (Å²) in [5.41, 5.74) is 0. The Morgan fingerprint density at radius 3 is 2.36 bits per heavy atom. The third-order valence-electron chi connectivity index (χ3n) is 4.44. The Kier molecular flexibility index (Phi) is 3.68. The number of para-hydroxylation sites is 2. The van der Waals surface area contributed by atoms with Gasteiger partial charge in [-0.15, -0.1) is 0 Å². The van der Waals surface area contributed by atoms with Crippen molar-refractivity contribution >= 4 is 11.9 Å². The van der Waals surface area contributed by atoms with Crippen molar-refractivity contribution in [3.8, 4) is 11.5 Å². The van der Waals surface area contributed by atoms with Crippen LogP contribution in [0.4, 0.5) is 0 Å². The molecule has 2 atom stereocenters. The first-order chi connectivity index (χ1) is 10.5. The molecule has 6 nitrogen and oxygen atoms in total. The van der Waals surface area contributed by atoms with Gasteiger partial charge in [-0.05, 0) is 31.9 Å². The molecule has 2 aliphatic rings. The second-order valence-electron chi connectivity index (χ2n) is 5.92.